The van der Waals surface area contributed by atoms with Crippen molar-refractivity contribution in [2.24, 2.45) is 0 Å². The molecule has 0 heterocycles. The zero-order valence-electron chi connectivity index (χ0n) is 3.12. The number of hydrogen-bond donors (Lipinski definition) is 0. The average molecular weight is 161 g/mol. The molecule has 0 fully saturated rings. The van der Waals surface area contributed by atoms with Crippen LogP contribution >= 0.6 is 0 Å². The summed E-state index contributed by atoms with van der Waals surface area (Å²) in [6.45, 7) is 0. The molecule has 0 unspecified atom stereocenters. The first kappa shape index (κ1) is 29.9. The Morgan fingerprint density at radius 1 is 1.40 bits per heavy atom. The summed E-state index contributed by atoms with van der Waals surface area (Å²) < 4.78 is 8.28. The van der Waals surface area contributed by atoms with E-state index in [1.807, 2.05) is 0 Å². The molecule has 1 nitrogen and oxygen atoms in total. The predicted molar refractivity (Wildman–Crippen MR) is 31.6 cm³/mol. The zero-order chi connectivity index (χ0) is 2.00. The molecule has 5 heavy (non-hydrogen) atoms. The van der Waals surface area contributed by atoms with Crippen molar-refractivity contribution in [1.82, 2.24) is 0 Å². The van der Waals surface area contributed by atoms with Crippen molar-refractivity contribution in [1.29, 1.82) is 0 Å². The van der Waals surface area contributed by atoms with Crippen LogP contribution in [-0.4, -0.2) is 44.8 Å². The minimum Gasteiger partial charge on any atom is -0.0149 e. The van der Waals surface area contributed by atoms with Gasteiger partial charge in [-0.1, -0.05) is 0 Å². The van der Waals surface area contributed by atoms with Crippen molar-refractivity contribution in [3.63, 3.8) is 0 Å². The maximum Gasteiger partial charge on any atom is -0.0149 e. The van der Waals surface area contributed by atoms with Crippen molar-refractivity contribution in [2.75, 3.05) is 0 Å². The van der Waals surface area contributed by atoms with Crippen LogP contribution in [0.15, 0.2) is 0 Å². The average Bonchev–Trinajstić information content (AvgIpc) is 1.00. The molecule has 0 atom stereocenters. The molecule has 0 aromatic rings. The second kappa shape index (κ2) is 43.8. The maximum absolute atomic E-state index is 8.28. The fraction of sp³-hybridized carbons (Fsp3) is 0. The predicted octanol–water partition coefficient (Wildman–Crippen LogP) is -6.55. The van der Waals surface area contributed by atoms with E-state index in [0.29, 0.717) is 16.2 Å². The first-order chi connectivity index (χ1) is 1.00. The van der Waals surface area contributed by atoms with Crippen LogP contribution in [0, 0.1) is 0 Å². The molecule has 0 spiro atoms. The summed E-state index contributed by atoms with van der Waals surface area (Å²) >= 11 is 0.611. The SMILES string of the molecule is [GeH4].[H-].[Li+].[O]=[AlH].[SiH4]. The van der Waals surface area contributed by atoms with Crippen molar-refractivity contribution < 1.29 is 24.1 Å². The molecule has 0 saturated heterocycles. The number of hydrogen-bond acceptors (Lipinski definition) is 1. The second-order valence-electron chi connectivity index (χ2n) is 0. The molecular formula is H10AlGeLiOSi. The van der Waals surface area contributed by atoms with Crippen LogP contribution in [0.5, 0.6) is 0 Å². The molecule has 0 aromatic carbocycles. The van der Waals surface area contributed by atoms with Gasteiger partial charge in [0.2, 0.25) is 0 Å². The Morgan fingerprint density at radius 2 is 1.40 bits per heavy atom. The topological polar surface area (TPSA) is 17.1 Å². The van der Waals surface area contributed by atoms with E-state index in [0.717, 1.165) is 0 Å². The first-order valence-corrected chi connectivity index (χ1v) is 0.866. The van der Waals surface area contributed by atoms with Crippen LogP contribution in [0.25, 0.3) is 0 Å². The molecule has 0 aliphatic carbocycles. The quantitative estimate of drug-likeness (QED) is 0.322. The third-order valence-electron chi connectivity index (χ3n) is 0. The Hall–Kier alpha value is 1.69. The van der Waals surface area contributed by atoms with Gasteiger partial charge in [0, 0.05) is 0 Å². The van der Waals surface area contributed by atoms with Gasteiger partial charge in [-0.15, -0.1) is 0 Å². The molecule has 0 aliphatic rings. The Balaban J connectivity index is -0.000000000833. The van der Waals surface area contributed by atoms with Crippen LogP contribution in [0.2, 0.25) is 0 Å². The molecule has 0 bridgehead atoms. The van der Waals surface area contributed by atoms with Crippen molar-refractivity contribution >= 4 is 44.8 Å². The molecule has 0 aromatic heterocycles. The molecule has 0 N–H and O–H groups in total. The molecule has 0 aliphatic heterocycles. The summed E-state index contributed by atoms with van der Waals surface area (Å²) in [5.41, 5.74) is 0. The monoisotopic (exact) mass is 162 g/mol. The molecule has 0 rings (SSSR count). The van der Waals surface area contributed by atoms with E-state index < -0.39 is 0 Å². The van der Waals surface area contributed by atoms with Gasteiger partial charge < -0.3 is 1.43 Å². The fourth-order valence-corrected chi connectivity index (χ4v) is 0. The van der Waals surface area contributed by atoms with Crippen LogP contribution in [0.3, 0.4) is 0 Å². The summed E-state index contributed by atoms with van der Waals surface area (Å²) in [5.74, 6) is 0. The third kappa shape index (κ3) is 27.1. The van der Waals surface area contributed by atoms with Gasteiger partial charge in [-0.2, -0.15) is 0 Å². The largest absolute Gasteiger partial charge is 0.0149 e. The maximum atomic E-state index is 8.28. The Labute approximate surface area is 68.6 Å². The van der Waals surface area contributed by atoms with E-state index in [1.165, 1.54) is 0 Å². The molecule has 5 heteroatoms. The van der Waals surface area contributed by atoms with Crippen LogP contribution in [0.4, 0.5) is 0 Å². The van der Waals surface area contributed by atoms with Crippen LogP contribution in [-0.2, 0) is 3.80 Å². The third-order valence-corrected chi connectivity index (χ3v) is 0. The normalized spacial score (nSPS) is 0.600. The fourth-order valence-electron chi connectivity index (χ4n) is 0. The van der Waals surface area contributed by atoms with Gasteiger partial charge in [-0.25, -0.2) is 0 Å². The second-order valence-corrected chi connectivity index (χ2v) is 0. The van der Waals surface area contributed by atoms with Crippen molar-refractivity contribution in [3.05, 3.63) is 0 Å². The van der Waals surface area contributed by atoms with Gasteiger partial charge in [0.1, 0.15) is 0 Å². The van der Waals surface area contributed by atoms with Gasteiger partial charge in [0.05, 0.1) is 0 Å². The summed E-state index contributed by atoms with van der Waals surface area (Å²) in [5, 5.41) is 0. The van der Waals surface area contributed by atoms with E-state index in [9.17, 15) is 0 Å². The minimum atomic E-state index is 0. The Morgan fingerprint density at radius 3 is 1.40 bits per heavy atom. The van der Waals surface area contributed by atoms with Gasteiger partial charge >= 0.3 is 56.5 Å². The Kier molecular flexibility index (Phi) is 262. The Bertz CT molecular complexity index is 15.5. The van der Waals surface area contributed by atoms with Crippen LogP contribution < -0.4 is 18.9 Å². The summed E-state index contributed by atoms with van der Waals surface area (Å²) in [4.78, 5) is 0. The summed E-state index contributed by atoms with van der Waals surface area (Å²) in [6, 6.07) is 0. The van der Waals surface area contributed by atoms with Gasteiger partial charge in [0.15, 0.2) is 0 Å². The smallest absolute Gasteiger partial charge is 0.0149 e. The van der Waals surface area contributed by atoms with Crippen LogP contribution in [0.1, 0.15) is 1.43 Å². The van der Waals surface area contributed by atoms with Crippen molar-refractivity contribution in [2.45, 2.75) is 0 Å². The van der Waals surface area contributed by atoms with Gasteiger partial charge in [-0.3, -0.25) is 0 Å². The van der Waals surface area contributed by atoms with E-state index in [2.05, 4.69) is 0 Å². The molecular weight excluding hydrogens is 151 g/mol. The van der Waals surface area contributed by atoms with Crippen molar-refractivity contribution in [3.8, 4) is 0 Å². The summed E-state index contributed by atoms with van der Waals surface area (Å²) in [6.07, 6.45) is 0. The molecule has 0 radical (unpaired) electrons. The van der Waals surface area contributed by atoms with Gasteiger partial charge in [0.25, 0.3) is 0 Å². The first-order valence-electron chi connectivity index (χ1n) is 0.289. The van der Waals surface area contributed by atoms with E-state index >= 15 is 0 Å². The number of rotatable bonds is 0. The van der Waals surface area contributed by atoms with E-state index in [4.69, 9.17) is 3.80 Å². The molecule has 28 valence electrons. The zero-order valence-corrected chi connectivity index (χ0v) is 3.53. The van der Waals surface area contributed by atoms with E-state index in [-0.39, 0.29) is 48.8 Å². The van der Waals surface area contributed by atoms with E-state index in [1.54, 1.807) is 0 Å². The standard InChI is InChI=1S/Al.GeH4.Li.O.H4Si.2H/h;1H4;;;1H4;;/q;;+1;;;;-1. The molecule has 0 amide bonds. The van der Waals surface area contributed by atoms with Gasteiger partial charge in [-0.05, 0) is 11.0 Å². The molecule has 0 saturated carbocycles. The minimum absolute atomic E-state index is 0. The summed E-state index contributed by atoms with van der Waals surface area (Å²) in [7, 11) is 0.